The van der Waals surface area contributed by atoms with Gasteiger partial charge in [0.15, 0.2) is 0 Å². The highest BCUT2D eigenvalue weighted by Gasteiger charge is 2.02. The van der Waals surface area contributed by atoms with Gasteiger partial charge < -0.3 is 4.74 Å². The lowest BCUT2D eigenvalue weighted by Crippen LogP contribution is -2.02. The Kier molecular flexibility index (Phi) is 3.88. The minimum absolute atomic E-state index is 0.271. The highest BCUT2D eigenvalue weighted by Crippen LogP contribution is 1.99. The van der Waals surface area contributed by atoms with E-state index < -0.39 is 5.97 Å². The Labute approximate surface area is 65.4 Å². The summed E-state index contributed by atoms with van der Waals surface area (Å²) >= 11 is 0. The molecule has 0 aromatic carbocycles. The van der Waals surface area contributed by atoms with Gasteiger partial charge in [-0.25, -0.2) is 4.79 Å². The highest BCUT2D eigenvalue weighted by atomic mass is 16.5. The lowest BCUT2D eigenvalue weighted by atomic mass is 10.4. The van der Waals surface area contributed by atoms with Crippen LogP contribution in [0.1, 0.15) is 13.8 Å². The topological polar surface area (TPSA) is 43.4 Å². The van der Waals surface area contributed by atoms with Crippen molar-refractivity contribution < 1.29 is 14.3 Å². The SMILES string of the molecule is C=C(C)C(=O)OC(C)=CC=O. The molecule has 0 aliphatic rings. The van der Waals surface area contributed by atoms with E-state index in [-0.39, 0.29) is 5.76 Å². The first-order valence-electron chi connectivity index (χ1n) is 3.07. The molecular weight excluding hydrogens is 144 g/mol. The zero-order chi connectivity index (χ0) is 8.85. The number of carbonyl (C=O) groups is 2. The van der Waals surface area contributed by atoms with Crippen LogP contribution in [0, 0.1) is 0 Å². The number of allylic oxidation sites excluding steroid dienone is 2. The van der Waals surface area contributed by atoms with Crippen molar-refractivity contribution in [1.29, 1.82) is 0 Å². The molecule has 0 saturated heterocycles. The fourth-order valence-corrected chi connectivity index (χ4v) is 0.363. The maximum atomic E-state index is 10.7. The lowest BCUT2D eigenvalue weighted by Gasteiger charge is -2.00. The molecule has 11 heavy (non-hydrogen) atoms. The molecule has 0 aromatic rings. The fraction of sp³-hybridized carbons (Fsp3) is 0.250. The summed E-state index contributed by atoms with van der Waals surface area (Å²) in [5.74, 6) is -0.242. The molecule has 0 amide bonds. The first kappa shape index (κ1) is 9.62. The van der Waals surface area contributed by atoms with Gasteiger partial charge in [0, 0.05) is 11.6 Å². The number of esters is 1. The molecule has 0 atom stereocenters. The molecule has 0 bridgehead atoms. The van der Waals surface area contributed by atoms with E-state index in [4.69, 9.17) is 0 Å². The van der Waals surface area contributed by atoms with Crippen LogP contribution in [0.15, 0.2) is 24.0 Å². The average Bonchev–Trinajstić information content (AvgIpc) is 1.87. The minimum Gasteiger partial charge on any atom is -0.428 e. The molecule has 0 unspecified atom stereocenters. The third-order valence-electron chi connectivity index (χ3n) is 0.905. The second-order valence-electron chi connectivity index (χ2n) is 2.08. The molecule has 0 spiro atoms. The van der Waals surface area contributed by atoms with Gasteiger partial charge in [0.25, 0.3) is 0 Å². The number of carbonyl (C=O) groups excluding carboxylic acids is 2. The molecule has 0 heterocycles. The molecule has 0 fully saturated rings. The van der Waals surface area contributed by atoms with Crippen LogP contribution in [-0.2, 0) is 14.3 Å². The highest BCUT2D eigenvalue weighted by molar-refractivity contribution is 5.87. The number of hydrogen-bond donors (Lipinski definition) is 0. The number of hydrogen-bond acceptors (Lipinski definition) is 3. The van der Waals surface area contributed by atoms with Gasteiger partial charge in [-0.2, -0.15) is 0 Å². The van der Waals surface area contributed by atoms with E-state index in [1.54, 1.807) is 0 Å². The number of ether oxygens (including phenoxy) is 1. The summed E-state index contributed by atoms with van der Waals surface area (Å²) in [5.41, 5.74) is 0.309. The summed E-state index contributed by atoms with van der Waals surface area (Å²) in [5, 5.41) is 0. The third kappa shape index (κ3) is 4.08. The van der Waals surface area contributed by atoms with Gasteiger partial charge in [0.2, 0.25) is 0 Å². The maximum Gasteiger partial charge on any atom is 0.338 e. The van der Waals surface area contributed by atoms with Gasteiger partial charge in [-0.05, 0) is 13.8 Å². The van der Waals surface area contributed by atoms with Crippen molar-refractivity contribution in [2.75, 3.05) is 0 Å². The molecular formula is C8H10O3. The smallest absolute Gasteiger partial charge is 0.338 e. The van der Waals surface area contributed by atoms with Crippen molar-refractivity contribution in [3.8, 4) is 0 Å². The monoisotopic (exact) mass is 154 g/mol. The van der Waals surface area contributed by atoms with Crippen molar-refractivity contribution in [2.45, 2.75) is 13.8 Å². The van der Waals surface area contributed by atoms with Crippen LogP contribution in [-0.4, -0.2) is 12.3 Å². The largest absolute Gasteiger partial charge is 0.428 e. The van der Waals surface area contributed by atoms with E-state index in [2.05, 4.69) is 11.3 Å². The van der Waals surface area contributed by atoms with E-state index in [9.17, 15) is 9.59 Å². The van der Waals surface area contributed by atoms with Crippen LogP contribution >= 0.6 is 0 Å². The molecule has 0 aliphatic heterocycles. The van der Waals surface area contributed by atoms with Crippen LogP contribution in [0.3, 0.4) is 0 Å². The molecule has 0 rings (SSSR count). The average molecular weight is 154 g/mol. The lowest BCUT2D eigenvalue weighted by molar-refractivity contribution is -0.134. The quantitative estimate of drug-likeness (QED) is 0.265. The van der Waals surface area contributed by atoms with E-state index in [1.165, 1.54) is 19.9 Å². The van der Waals surface area contributed by atoms with E-state index in [0.29, 0.717) is 11.9 Å². The Morgan fingerprint density at radius 2 is 2.00 bits per heavy atom. The van der Waals surface area contributed by atoms with Crippen molar-refractivity contribution in [2.24, 2.45) is 0 Å². The second-order valence-corrected chi connectivity index (χ2v) is 2.08. The van der Waals surface area contributed by atoms with Crippen molar-refractivity contribution >= 4 is 12.3 Å². The zero-order valence-corrected chi connectivity index (χ0v) is 6.59. The number of aldehydes is 1. The van der Waals surface area contributed by atoms with E-state index in [1.807, 2.05) is 0 Å². The van der Waals surface area contributed by atoms with Gasteiger partial charge in [-0.3, -0.25) is 4.79 Å². The first-order valence-corrected chi connectivity index (χ1v) is 3.07. The summed E-state index contributed by atoms with van der Waals surface area (Å²) in [6, 6.07) is 0. The predicted molar refractivity (Wildman–Crippen MR) is 40.7 cm³/mol. The predicted octanol–water partition coefficient (Wildman–Crippen LogP) is 1.21. The summed E-state index contributed by atoms with van der Waals surface area (Å²) in [7, 11) is 0. The molecule has 0 radical (unpaired) electrons. The van der Waals surface area contributed by atoms with Gasteiger partial charge in [0.1, 0.15) is 12.0 Å². The Morgan fingerprint density at radius 1 is 1.45 bits per heavy atom. The summed E-state index contributed by atoms with van der Waals surface area (Å²) in [6.07, 6.45) is 1.72. The Morgan fingerprint density at radius 3 is 2.36 bits per heavy atom. The van der Waals surface area contributed by atoms with E-state index >= 15 is 0 Å². The molecule has 0 N–H and O–H groups in total. The minimum atomic E-state index is -0.513. The summed E-state index contributed by atoms with van der Waals surface area (Å²) in [6.45, 7) is 6.44. The number of rotatable bonds is 3. The van der Waals surface area contributed by atoms with Gasteiger partial charge in [-0.1, -0.05) is 6.58 Å². The van der Waals surface area contributed by atoms with Crippen LogP contribution < -0.4 is 0 Å². The van der Waals surface area contributed by atoms with Crippen LogP contribution in [0.25, 0.3) is 0 Å². The van der Waals surface area contributed by atoms with Crippen molar-refractivity contribution in [3.63, 3.8) is 0 Å². The Balaban J connectivity index is 4.05. The fourth-order valence-electron chi connectivity index (χ4n) is 0.363. The van der Waals surface area contributed by atoms with Crippen LogP contribution in [0.2, 0.25) is 0 Å². The van der Waals surface area contributed by atoms with Gasteiger partial charge in [0.05, 0.1) is 0 Å². The zero-order valence-electron chi connectivity index (χ0n) is 6.59. The molecule has 0 aromatic heterocycles. The summed E-state index contributed by atoms with van der Waals surface area (Å²) in [4.78, 5) is 20.6. The van der Waals surface area contributed by atoms with Gasteiger partial charge in [-0.15, -0.1) is 0 Å². The molecule has 60 valence electrons. The molecule has 3 heteroatoms. The molecule has 0 saturated carbocycles. The maximum absolute atomic E-state index is 10.7. The molecule has 3 nitrogen and oxygen atoms in total. The van der Waals surface area contributed by atoms with Gasteiger partial charge >= 0.3 is 5.97 Å². The summed E-state index contributed by atoms with van der Waals surface area (Å²) < 4.78 is 4.64. The van der Waals surface area contributed by atoms with Crippen LogP contribution in [0.4, 0.5) is 0 Å². The van der Waals surface area contributed by atoms with Crippen molar-refractivity contribution in [1.82, 2.24) is 0 Å². The molecule has 0 aliphatic carbocycles. The Hall–Kier alpha value is -1.38. The van der Waals surface area contributed by atoms with E-state index in [0.717, 1.165) is 0 Å². The van der Waals surface area contributed by atoms with Crippen LogP contribution in [0.5, 0.6) is 0 Å². The third-order valence-corrected chi connectivity index (χ3v) is 0.905. The first-order chi connectivity index (χ1) is 5.07. The van der Waals surface area contributed by atoms with Crippen molar-refractivity contribution in [3.05, 3.63) is 24.0 Å². The Bertz CT molecular complexity index is 213. The normalized spacial score (nSPS) is 10.5. The second kappa shape index (κ2) is 4.44. The standard InChI is InChI=1S/C8H10O3/c1-6(2)8(10)11-7(3)4-5-9/h4-5H,1H2,2-3H3.